The predicted octanol–water partition coefficient (Wildman–Crippen LogP) is 3.71. The second kappa shape index (κ2) is 6.12. The van der Waals surface area contributed by atoms with Crippen molar-refractivity contribution in [2.75, 3.05) is 0 Å². The number of H-pyrrole nitrogens is 1. The Balaban J connectivity index is 1.49. The zero-order valence-corrected chi connectivity index (χ0v) is 14.7. The quantitative estimate of drug-likeness (QED) is 0.604. The molecule has 7 heteroatoms. The topological polar surface area (TPSA) is 72.3 Å². The van der Waals surface area contributed by atoms with Gasteiger partial charge in [0, 0.05) is 18.0 Å². The molecule has 6 nitrogen and oxygen atoms in total. The molecule has 1 aliphatic carbocycles. The fourth-order valence-electron chi connectivity index (χ4n) is 3.78. The van der Waals surface area contributed by atoms with Gasteiger partial charge in [-0.2, -0.15) is 15.4 Å². The van der Waals surface area contributed by atoms with Gasteiger partial charge in [-0.15, -0.1) is 0 Å². The lowest BCUT2D eigenvalue weighted by Gasteiger charge is -2.13. The van der Waals surface area contributed by atoms with Gasteiger partial charge in [0.1, 0.15) is 17.2 Å². The molecule has 27 heavy (non-hydrogen) atoms. The SMILES string of the molecule is Cc1n[nH]nc1-c1ccnc(-c2cn(C3CCc4ccc(F)cc43)cn2)c1. The van der Waals surface area contributed by atoms with Crippen molar-refractivity contribution >= 4 is 0 Å². The number of imidazole rings is 1. The summed E-state index contributed by atoms with van der Waals surface area (Å²) in [5, 5.41) is 10.9. The number of hydrogen-bond donors (Lipinski definition) is 1. The Hall–Kier alpha value is -3.35. The van der Waals surface area contributed by atoms with Crippen LogP contribution in [0.15, 0.2) is 49.1 Å². The maximum Gasteiger partial charge on any atom is 0.123 e. The summed E-state index contributed by atoms with van der Waals surface area (Å²) in [5.74, 6) is -0.196. The van der Waals surface area contributed by atoms with Gasteiger partial charge in [-0.25, -0.2) is 9.37 Å². The van der Waals surface area contributed by atoms with E-state index in [4.69, 9.17) is 0 Å². The van der Waals surface area contributed by atoms with Gasteiger partial charge >= 0.3 is 0 Å². The number of aryl methyl sites for hydroxylation is 2. The molecule has 0 spiro atoms. The normalized spacial score (nSPS) is 15.9. The first-order valence-corrected chi connectivity index (χ1v) is 8.85. The number of nitrogens with one attached hydrogen (secondary N) is 1. The van der Waals surface area contributed by atoms with Gasteiger partial charge in [-0.1, -0.05) is 6.07 Å². The smallest absolute Gasteiger partial charge is 0.123 e. The third-order valence-corrected chi connectivity index (χ3v) is 5.13. The van der Waals surface area contributed by atoms with E-state index in [1.54, 1.807) is 18.6 Å². The van der Waals surface area contributed by atoms with Crippen molar-refractivity contribution in [2.45, 2.75) is 25.8 Å². The minimum absolute atomic E-state index is 0.109. The number of fused-ring (bicyclic) bond motifs is 1. The maximum atomic E-state index is 13.7. The molecule has 1 atom stereocenters. The first-order chi connectivity index (χ1) is 13.2. The molecule has 4 aromatic rings. The van der Waals surface area contributed by atoms with Crippen LogP contribution >= 0.6 is 0 Å². The van der Waals surface area contributed by atoms with Gasteiger partial charge in [-0.3, -0.25) is 4.98 Å². The van der Waals surface area contributed by atoms with Crippen LogP contribution in [0.2, 0.25) is 0 Å². The molecule has 1 aromatic carbocycles. The zero-order chi connectivity index (χ0) is 18.4. The number of nitrogens with zero attached hydrogens (tertiary/aromatic N) is 5. The first-order valence-electron chi connectivity index (χ1n) is 8.85. The molecule has 134 valence electrons. The maximum absolute atomic E-state index is 13.7. The lowest BCUT2D eigenvalue weighted by Crippen LogP contribution is -2.04. The van der Waals surface area contributed by atoms with Crippen LogP contribution in [-0.2, 0) is 6.42 Å². The second-order valence-electron chi connectivity index (χ2n) is 6.79. The fourth-order valence-corrected chi connectivity index (χ4v) is 3.78. The monoisotopic (exact) mass is 360 g/mol. The molecule has 0 aliphatic heterocycles. The summed E-state index contributed by atoms with van der Waals surface area (Å²) in [5.41, 5.74) is 6.38. The Labute approximate surface area is 155 Å². The van der Waals surface area contributed by atoms with Crippen molar-refractivity contribution in [1.29, 1.82) is 0 Å². The van der Waals surface area contributed by atoms with Crippen molar-refractivity contribution in [2.24, 2.45) is 0 Å². The number of benzene rings is 1. The first kappa shape index (κ1) is 15.9. The number of aromatic amines is 1. The highest BCUT2D eigenvalue weighted by Crippen LogP contribution is 2.35. The van der Waals surface area contributed by atoms with Crippen LogP contribution in [0.25, 0.3) is 22.6 Å². The molecule has 3 heterocycles. The van der Waals surface area contributed by atoms with Crippen molar-refractivity contribution in [3.8, 4) is 22.6 Å². The molecule has 1 unspecified atom stereocenters. The highest BCUT2D eigenvalue weighted by Gasteiger charge is 2.24. The molecule has 0 fully saturated rings. The molecule has 3 aromatic heterocycles. The molecule has 0 saturated heterocycles. The molecular formula is C20H17FN6. The number of halogens is 1. The number of hydrogen-bond acceptors (Lipinski definition) is 4. The molecule has 0 radical (unpaired) electrons. The number of aromatic nitrogens is 6. The van der Waals surface area contributed by atoms with Gasteiger partial charge in [-0.05, 0) is 55.2 Å². The van der Waals surface area contributed by atoms with Crippen LogP contribution < -0.4 is 0 Å². The van der Waals surface area contributed by atoms with Crippen molar-refractivity contribution < 1.29 is 4.39 Å². The van der Waals surface area contributed by atoms with Crippen LogP contribution in [0.1, 0.15) is 29.3 Å². The van der Waals surface area contributed by atoms with E-state index in [2.05, 4.69) is 29.9 Å². The lowest BCUT2D eigenvalue weighted by molar-refractivity contribution is 0.572. The molecule has 1 N–H and O–H groups in total. The second-order valence-corrected chi connectivity index (χ2v) is 6.79. The van der Waals surface area contributed by atoms with Gasteiger partial charge in [0.25, 0.3) is 0 Å². The summed E-state index contributed by atoms with van der Waals surface area (Å²) in [7, 11) is 0. The summed E-state index contributed by atoms with van der Waals surface area (Å²) in [6.45, 7) is 1.91. The summed E-state index contributed by atoms with van der Waals surface area (Å²) in [6, 6.07) is 9.02. The third-order valence-electron chi connectivity index (χ3n) is 5.13. The zero-order valence-electron chi connectivity index (χ0n) is 14.7. The Morgan fingerprint density at radius 3 is 2.89 bits per heavy atom. The van der Waals surface area contributed by atoms with E-state index in [-0.39, 0.29) is 11.9 Å². The summed E-state index contributed by atoms with van der Waals surface area (Å²) < 4.78 is 15.7. The number of pyridine rings is 1. The van der Waals surface area contributed by atoms with Gasteiger partial charge in [0.15, 0.2) is 0 Å². The van der Waals surface area contributed by atoms with E-state index >= 15 is 0 Å². The molecular weight excluding hydrogens is 343 g/mol. The fraction of sp³-hybridized carbons (Fsp3) is 0.200. The van der Waals surface area contributed by atoms with E-state index in [0.29, 0.717) is 0 Å². The van der Waals surface area contributed by atoms with Crippen molar-refractivity contribution in [3.05, 3.63) is 71.7 Å². The van der Waals surface area contributed by atoms with Crippen molar-refractivity contribution in [1.82, 2.24) is 29.9 Å². The third kappa shape index (κ3) is 2.71. The highest BCUT2D eigenvalue weighted by molar-refractivity contribution is 5.67. The minimum Gasteiger partial charge on any atom is -0.329 e. The van der Waals surface area contributed by atoms with Gasteiger partial charge in [0.05, 0.1) is 23.8 Å². The van der Waals surface area contributed by atoms with E-state index < -0.39 is 0 Å². The summed E-state index contributed by atoms with van der Waals surface area (Å²) >= 11 is 0. The van der Waals surface area contributed by atoms with E-state index in [1.807, 2.05) is 31.3 Å². The summed E-state index contributed by atoms with van der Waals surface area (Å²) in [4.78, 5) is 8.99. The van der Waals surface area contributed by atoms with Crippen LogP contribution in [0.3, 0.4) is 0 Å². The molecule has 0 bridgehead atoms. The Morgan fingerprint density at radius 1 is 1.11 bits per heavy atom. The molecule has 1 aliphatic rings. The minimum atomic E-state index is -0.196. The van der Waals surface area contributed by atoms with Gasteiger partial charge in [0.2, 0.25) is 0 Å². The van der Waals surface area contributed by atoms with Crippen LogP contribution in [-0.4, -0.2) is 29.9 Å². The number of rotatable bonds is 3. The highest BCUT2D eigenvalue weighted by atomic mass is 19.1. The van der Waals surface area contributed by atoms with Crippen LogP contribution in [0.4, 0.5) is 4.39 Å². The Bertz CT molecular complexity index is 1130. The van der Waals surface area contributed by atoms with Crippen LogP contribution in [0, 0.1) is 12.7 Å². The summed E-state index contributed by atoms with van der Waals surface area (Å²) in [6.07, 6.45) is 7.42. The molecule has 0 amide bonds. The largest absolute Gasteiger partial charge is 0.329 e. The van der Waals surface area contributed by atoms with E-state index in [9.17, 15) is 4.39 Å². The Morgan fingerprint density at radius 2 is 2.04 bits per heavy atom. The van der Waals surface area contributed by atoms with E-state index in [1.165, 1.54) is 11.6 Å². The predicted molar refractivity (Wildman–Crippen MR) is 98.4 cm³/mol. The van der Waals surface area contributed by atoms with Crippen LogP contribution in [0.5, 0.6) is 0 Å². The van der Waals surface area contributed by atoms with Crippen molar-refractivity contribution in [3.63, 3.8) is 0 Å². The Kier molecular flexibility index (Phi) is 3.60. The lowest BCUT2D eigenvalue weighted by atomic mass is 10.1. The molecule has 5 rings (SSSR count). The average Bonchev–Trinajstić information content (AvgIpc) is 3.40. The van der Waals surface area contributed by atoms with Gasteiger partial charge < -0.3 is 4.57 Å². The standard InChI is InChI=1S/C20H17FN6/c1-12-20(25-26-24-12)14-6-7-22-17(8-14)18-10-27(11-23-18)19-5-3-13-2-4-15(21)9-16(13)19/h2,4,6-11,19H,3,5H2,1H3,(H,24,25,26). The van der Waals surface area contributed by atoms with E-state index in [0.717, 1.165) is 46.7 Å². The molecule has 0 saturated carbocycles. The average molecular weight is 360 g/mol.